The third kappa shape index (κ3) is 2.81. The number of benzene rings is 3. The van der Waals surface area contributed by atoms with Crippen molar-refractivity contribution in [2.75, 3.05) is 0 Å². The van der Waals surface area contributed by atoms with Gasteiger partial charge < -0.3 is 4.57 Å². The molecule has 0 bridgehead atoms. The molecule has 3 aromatic carbocycles. The SMILES string of the molecule is Cc1ccc(-n2ncc3c2c2cc(C(C)(C)n4c5ccccc5c5ccccc54)ccc2c2ccnn23)s1. The van der Waals surface area contributed by atoms with Gasteiger partial charge in [0.25, 0.3) is 0 Å². The number of aryl methyl sites for hydroxylation is 1. The molecule has 6 heteroatoms. The Morgan fingerprint density at radius 3 is 2.11 bits per heavy atom. The lowest BCUT2D eigenvalue weighted by atomic mass is 9.91. The number of thiophene rings is 1. The first kappa shape index (κ1) is 21.6. The molecule has 0 spiro atoms. The molecule has 0 aliphatic carbocycles. The van der Waals surface area contributed by atoms with Crippen LogP contribution in [0.15, 0.2) is 97.3 Å². The van der Waals surface area contributed by atoms with Crippen molar-refractivity contribution < 1.29 is 0 Å². The fourth-order valence-electron chi connectivity index (χ4n) is 6.15. The Labute approximate surface area is 223 Å². The Bertz CT molecular complexity index is 2130. The van der Waals surface area contributed by atoms with Crippen LogP contribution < -0.4 is 0 Å². The molecule has 5 nitrogen and oxygen atoms in total. The van der Waals surface area contributed by atoms with Crippen molar-refractivity contribution in [3.05, 3.63) is 108 Å². The lowest BCUT2D eigenvalue weighted by Crippen LogP contribution is -2.27. The summed E-state index contributed by atoms with van der Waals surface area (Å²) in [6.07, 6.45) is 3.81. The lowest BCUT2D eigenvalue weighted by Gasteiger charge is -2.30. The molecule has 8 rings (SSSR count). The molecule has 184 valence electrons. The Balaban J connectivity index is 1.46. The van der Waals surface area contributed by atoms with E-state index in [-0.39, 0.29) is 5.54 Å². The van der Waals surface area contributed by atoms with E-state index in [4.69, 9.17) is 5.10 Å². The van der Waals surface area contributed by atoms with E-state index in [1.165, 1.54) is 43.0 Å². The number of rotatable bonds is 3. The lowest BCUT2D eigenvalue weighted by molar-refractivity contribution is 0.465. The maximum Gasteiger partial charge on any atom is 0.118 e. The molecule has 0 saturated heterocycles. The van der Waals surface area contributed by atoms with Crippen molar-refractivity contribution >= 4 is 60.5 Å². The van der Waals surface area contributed by atoms with Crippen LogP contribution in [0.25, 0.3) is 54.1 Å². The average molecular weight is 512 g/mol. The maximum absolute atomic E-state index is 4.84. The van der Waals surface area contributed by atoms with Crippen molar-refractivity contribution in [2.24, 2.45) is 0 Å². The third-order valence-electron chi connectivity index (χ3n) is 7.95. The average Bonchev–Trinajstić information content (AvgIpc) is 3.72. The van der Waals surface area contributed by atoms with Crippen molar-refractivity contribution in [3.8, 4) is 5.00 Å². The van der Waals surface area contributed by atoms with Gasteiger partial charge in [0.05, 0.1) is 23.4 Å². The van der Waals surface area contributed by atoms with Crippen molar-refractivity contribution in [2.45, 2.75) is 26.3 Å². The molecule has 0 aliphatic heterocycles. The normalized spacial score (nSPS) is 12.6. The molecule has 5 heterocycles. The standard InChI is InChI=1S/C32H25N5S/c1-20-12-15-30(38-20)37-31-25-18-21(13-14-24(25)28-16-17-33-36(28)29(31)19-34-37)32(2,3)35-26-10-6-4-8-22(26)23-9-5-7-11-27(23)35/h4-19H,1-3H3. The number of hydrogen-bond donors (Lipinski definition) is 0. The predicted molar refractivity (Wildman–Crippen MR) is 158 cm³/mol. The second kappa shape index (κ2) is 7.55. The second-order valence-electron chi connectivity index (χ2n) is 10.5. The van der Waals surface area contributed by atoms with Gasteiger partial charge in [-0.05, 0) is 62.7 Å². The van der Waals surface area contributed by atoms with Crippen LogP contribution in [0.2, 0.25) is 0 Å². The molecule has 0 radical (unpaired) electrons. The van der Waals surface area contributed by atoms with Gasteiger partial charge in [0, 0.05) is 37.5 Å². The summed E-state index contributed by atoms with van der Waals surface area (Å²) in [6.45, 7) is 6.78. The highest BCUT2D eigenvalue weighted by atomic mass is 32.1. The van der Waals surface area contributed by atoms with Gasteiger partial charge in [0.2, 0.25) is 0 Å². The number of para-hydroxylation sites is 2. The summed E-state index contributed by atoms with van der Waals surface area (Å²) in [7, 11) is 0. The number of aromatic nitrogens is 5. The van der Waals surface area contributed by atoms with Gasteiger partial charge in [0.1, 0.15) is 16.0 Å². The third-order valence-corrected chi connectivity index (χ3v) is 8.93. The first-order chi connectivity index (χ1) is 18.5. The highest BCUT2D eigenvalue weighted by Gasteiger charge is 2.28. The van der Waals surface area contributed by atoms with E-state index in [1.807, 2.05) is 16.9 Å². The highest BCUT2D eigenvalue weighted by Crippen LogP contribution is 2.40. The van der Waals surface area contributed by atoms with Crippen LogP contribution in [0.1, 0.15) is 24.3 Å². The summed E-state index contributed by atoms with van der Waals surface area (Å²) in [6, 6.07) is 30.8. The Morgan fingerprint density at radius 1 is 0.684 bits per heavy atom. The Morgan fingerprint density at radius 2 is 1.39 bits per heavy atom. The van der Waals surface area contributed by atoms with E-state index >= 15 is 0 Å². The minimum Gasteiger partial charge on any atom is -0.331 e. The van der Waals surface area contributed by atoms with E-state index in [0.29, 0.717) is 0 Å². The monoisotopic (exact) mass is 511 g/mol. The Hall–Kier alpha value is -4.42. The molecule has 0 atom stereocenters. The molecule has 0 N–H and O–H groups in total. The van der Waals surface area contributed by atoms with Crippen LogP contribution in [0.3, 0.4) is 0 Å². The van der Waals surface area contributed by atoms with Crippen LogP contribution in [0, 0.1) is 6.92 Å². The van der Waals surface area contributed by atoms with Gasteiger partial charge >= 0.3 is 0 Å². The smallest absolute Gasteiger partial charge is 0.118 e. The second-order valence-corrected chi connectivity index (χ2v) is 11.8. The van der Waals surface area contributed by atoms with E-state index in [0.717, 1.165) is 21.6 Å². The molecular weight excluding hydrogens is 486 g/mol. The van der Waals surface area contributed by atoms with E-state index in [9.17, 15) is 0 Å². The summed E-state index contributed by atoms with van der Waals surface area (Å²) in [4.78, 5) is 1.27. The number of pyridine rings is 1. The summed E-state index contributed by atoms with van der Waals surface area (Å²) >= 11 is 1.75. The molecule has 5 aromatic heterocycles. The van der Waals surface area contributed by atoms with E-state index in [1.54, 1.807) is 11.3 Å². The van der Waals surface area contributed by atoms with Gasteiger partial charge in [-0.1, -0.05) is 48.5 Å². The first-order valence-electron chi connectivity index (χ1n) is 12.9. The zero-order chi connectivity index (χ0) is 25.6. The van der Waals surface area contributed by atoms with Crippen LogP contribution in [0.5, 0.6) is 0 Å². The summed E-state index contributed by atoms with van der Waals surface area (Å²) in [5.74, 6) is 0. The number of nitrogens with zero attached hydrogens (tertiary/aromatic N) is 5. The largest absolute Gasteiger partial charge is 0.331 e. The first-order valence-corrected chi connectivity index (χ1v) is 13.7. The quantitative estimate of drug-likeness (QED) is 0.240. The van der Waals surface area contributed by atoms with Gasteiger partial charge in [-0.15, -0.1) is 11.3 Å². The number of hydrogen-bond acceptors (Lipinski definition) is 3. The fraction of sp³-hybridized carbons (Fsp3) is 0.125. The maximum atomic E-state index is 4.84. The summed E-state index contributed by atoms with van der Waals surface area (Å²) in [5, 5.41) is 15.5. The van der Waals surface area contributed by atoms with E-state index < -0.39 is 0 Å². The van der Waals surface area contributed by atoms with Gasteiger partial charge in [-0.2, -0.15) is 10.2 Å². The van der Waals surface area contributed by atoms with Crippen LogP contribution in [-0.2, 0) is 5.54 Å². The topological polar surface area (TPSA) is 40.0 Å². The molecule has 0 unspecified atom stereocenters. The number of fused-ring (bicyclic) bond motifs is 9. The summed E-state index contributed by atoms with van der Waals surface area (Å²) in [5.41, 5.74) is 6.62. The van der Waals surface area contributed by atoms with Crippen LogP contribution >= 0.6 is 11.3 Å². The predicted octanol–water partition coefficient (Wildman–Crippen LogP) is 8.09. The molecule has 0 aliphatic rings. The zero-order valence-electron chi connectivity index (χ0n) is 21.4. The van der Waals surface area contributed by atoms with Crippen molar-refractivity contribution in [1.29, 1.82) is 0 Å². The van der Waals surface area contributed by atoms with Gasteiger partial charge in [0.15, 0.2) is 0 Å². The van der Waals surface area contributed by atoms with Gasteiger partial charge in [-0.25, -0.2) is 9.20 Å². The molecule has 0 fully saturated rings. The fourth-order valence-corrected chi connectivity index (χ4v) is 6.97. The van der Waals surface area contributed by atoms with Crippen LogP contribution in [-0.4, -0.2) is 24.0 Å². The highest BCUT2D eigenvalue weighted by molar-refractivity contribution is 7.14. The van der Waals surface area contributed by atoms with Crippen molar-refractivity contribution in [3.63, 3.8) is 0 Å². The molecular formula is C32H25N5S. The van der Waals surface area contributed by atoms with Gasteiger partial charge in [-0.3, -0.25) is 0 Å². The van der Waals surface area contributed by atoms with Crippen LogP contribution in [0.4, 0.5) is 0 Å². The molecule has 8 aromatic rings. The minimum atomic E-state index is -0.306. The zero-order valence-corrected chi connectivity index (χ0v) is 22.2. The van der Waals surface area contributed by atoms with Crippen molar-refractivity contribution in [1.82, 2.24) is 24.0 Å². The van der Waals surface area contributed by atoms with E-state index in [2.05, 4.69) is 120 Å². The summed E-state index contributed by atoms with van der Waals surface area (Å²) < 4.78 is 6.58. The molecule has 0 amide bonds. The molecule has 0 saturated carbocycles. The minimum absolute atomic E-state index is 0.306. The Kier molecular flexibility index (Phi) is 4.30. The molecule has 38 heavy (non-hydrogen) atoms.